The zero-order valence-electron chi connectivity index (χ0n) is 8.08. The molecule has 1 aliphatic heterocycles. The average Bonchev–Trinajstić information content (AvgIpc) is 2.40. The molecule has 0 amide bonds. The second kappa shape index (κ2) is 3.69. The summed E-state index contributed by atoms with van der Waals surface area (Å²) in [6.07, 6.45) is 0. The number of nitriles is 1. The minimum absolute atomic E-state index is 0.355. The van der Waals surface area contributed by atoms with E-state index >= 15 is 0 Å². The molecule has 1 aromatic carbocycles. The monoisotopic (exact) mass is 188 g/mol. The molecule has 1 heterocycles. The van der Waals surface area contributed by atoms with Crippen LogP contribution >= 0.6 is 0 Å². The number of rotatable bonds is 0. The highest BCUT2D eigenvalue weighted by atomic mass is 16.5. The zero-order chi connectivity index (χ0) is 9.97. The van der Waals surface area contributed by atoms with Gasteiger partial charge in [-0.2, -0.15) is 5.26 Å². The van der Waals surface area contributed by atoms with Gasteiger partial charge in [0.2, 0.25) is 0 Å². The Kier molecular flexibility index (Phi) is 2.38. The third-order valence-corrected chi connectivity index (χ3v) is 2.33. The second-order valence-corrected chi connectivity index (χ2v) is 3.53. The molecule has 0 saturated carbocycles. The Morgan fingerprint density at radius 2 is 2.43 bits per heavy atom. The number of nitrogens with zero attached hydrogens (tertiary/aromatic N) is 1. The van der Waals surface area contributed by atoms with Crippen LogP contribution in [0.1, 0.15) is 18.1 Å². The van der Waals surface area contributed by atoms with E-state index < -0.39 is 0 Å². The lowest BCUT2D eigenvalue weighted by Crippen LogP contribution is -2.28. The Bertz CT molecular complexity index is 381. The van der Waals surface area contributed by atoms with Gasteiger partial charge in [0.25, 0.3) is 0 Å². The molecule has 0 aromatic heterocycles. The molecule has 1 N–H and O–H groups in total. The van der Waals surface area contributed by atoms with Gasteiger partial charge in [-0.05, 0) is 19.1 Å². The fourth-order valence-electron chi connectivity index (χ4n) is 1.46. The van der Waals surface area contributed by atoms with Crippen LogP contribution in [-0.4, -0.2) is 12.6 Å². The highest BCUT2D eigenvalue weighted by Gasteiger charge is 2.12. The Morgan fingerprint density at radius 3 is 3.21 bits per heavy atom. The number of hydrogen-bond acceptors (Lipinski definition) is 3. The van der Waals surface area contributed by atoms with Gasteiger partial charge in [-0.3, -0.25) is 0 Å². The lowest BCUT2D eigenvalue weighted by atomic mass is 10.1. The van der Waals surface area contributed by atoms with E-state index in [9.17, 15) is 0 Å². The normalized spacial score (nSPS) is 20.1. The van der Waals surface area contributed by atoms with Gasteiger partial charge in [0, 0.05) is 18.2 Å². The lowest BCUT2D eigenvalue weighted by Gasteiger charge is -2.07. The van der Waals surface area contributed by atoms with E-state index in [1.807, 2.05) is 12.1 Å². The predicted molar refractivity (Wildman–Crippen MR) is 53.0 cm³/mol. The van der Waals surface area contributed by atoms with E-state index in [4.69, 9.17) is 10.00 Å². The summed E-state index contributed by atoms with van der Waals surface area (Å²) >= 11 is 0. The molecule has 0 bridgehead atoms. The maximum Gasteiger partial charge on any atom is 0.125 e. The Hall–Kier alpha value is -1.53. The van der Waals surface area contributed by atoms with Crippen LogP contribution in [0.3, 0.4) is 0 Å². The van der Waals surface area contributed by atoms with Crippen molar-refractivity contribution in [1.82, 2.24) is 5.32 Å². The van der Waals surface area contributed by atoms with Crippen molar-refractivity contribution < 1.29 is 4.74 Å². The number of fused-ring (bicyclic) bond motifs is 1. The van der Waals surface area contributed by atoms with Crippen LogP contribution in [0.15, 0.2) is 18.2 Å². The van der Waals surface area contributed by atoms with Crippen molar-refractivity contribution in [1.29, 1.82) is 5.26 Å². The third kappa shape index (κ3) is 1.70. The molecule has 0 fully saturated rings. The summed E-state index contributed by atoms with van der Waals surface area (Å²) in [6, 6.07) is 8.03. The van der Waals surface area contributed by atoms with Gasteiger partial charge in [-0.1, -0.05) is 6.07 Å². The molecule has 14 heavy (non-hydrogen) atoms. The summed E-state index contributed by atoms with van der Waals surface area (Å²) < 4.78 is 5.59. The van der Waals surface area contributed by atoms with E-state index in [0.29, 0.717) is 18.2 Å². The van der Waals surface area contributed by atoms with Crippen LogP contribution in [0.4, 0.5) is 0 Å². The fourth-order valence-corrected chi connectivity index (χ4v) is 1.46. The molecule has 0 spiro atoms. The first-order valence-corrected chi connectivity index (χ1v) is 4.69. The molecule has 3 heteroatoms. The molecular formula is C11H12N2O. The quantitative estimate of drug-likeness (QED) is 0.669. The highest BCUT2D eigenvalue weighted by Crippen LogP contribution is 2.22. The number of nitrogens with one attached hydrogen (secondary N) is 1. The van der Waals surface area contributed by atoms with E-state index in [1.54, 1.807) is 6.07 Å². The van der Waals surface area contributed by atoms with Crippen molar-refractivity contribution in [2.24, 2.45) is 0 Å². The number of hydrogen-bond donors (Lipinski definition) is 1. The van der Waals surface area contributed by atoms with Gasteiger partial charge < -0.3 is 10.1 Å². The molecule has 0 saturated heterocycles. The predicted octanol–water partition coefficient (Wildman–Crippen LogP) is 1.43. The first kappa shape index (κ1) is 9.04. The fraction of sp³-hybridized carbons (Fsp3) is 0.364. The molecule has 0 aliphatic carbocycles. The average molecular weight is 188 g/mol. The zero-order valence-corrected chi connectivity index (χ0v) is 8.08. The molecule has 2 rings (SSSR count). The molecule has 0 radical (unpaired) electrons. The van der Waals surface area contributed by atoms with Crippen LogP contribution in [0.25, 0.3) is 0 Å². The first-order chi connectivity index (χ1) is 6.79. The van der Waals surface area contributed by atoms with Crippen molar-refractivity contribution in [3.05, 3.63) is 29.3 Å². The van der Waals surface area contributed by atoms with Crippen LogP contribution in [0.5, 0.6) is 5.75 Å². The van der Waals surface area contributed by atoms with E-state index in [1.165, 1.54) is 0 Å². The highest BCUT2D eigenvalue weighted by molar-refractivity contribution is 5.42. The Labute approximate surface area is 83.3 Å². The molecule has 1 unspecified atom stereocenters. The summed E-state index contributed by atoms with van der Waals surface area (Å²) in [5.41, 5.74) is 1.77. The van der Waals surface area contributed by atoms with Crippen molar-refractivity contribution >= 4 is 0 Å². The smallest absolute Gasteiger partial charge is 0.125 e. The number of ether oxygens (including phenoxy) is 1. The maximum atomic E-state index is 8.74. The van der Waals surface area contributed by atoms with Gasteiger partial charge in [0.05, 0.1) is 11.6 Å². The third-order valence-electron chi connectivity index (χ3n) is 2.33. The summed E-state index contributed by atoms with van der Waals surface area (Å²) in [5, 5.41) is 12.1. The van der Waals surface area contributed by atoms with Gasteiger partial charge in [-0.25, -0.2) is 0 Å². The maximum absolute atomic E-state index is 8.74. The van der Waals surface area contributed by atoms with Crippen LogP contribution in [0.2, 0.25) is 0 Å². The Morgan fingerprint density at radius 1 is 1.57 bits per heavy atom. The van der Waals surface area contributed by atoms with Crippen LogP contribution in [0, 0.1) is 11.3 Å². The van der Waals surface area contributed by atoms with E-state index in [-0.39, 0.29) is 0 Å². The minimum Gasteiger partial charge on any atom is -0.492 e. The van der Waals surface area contributed by atoms with Gasteiger partial charge in [0.1, 0.15) is 12.4 Å². The first-order valence-electron chi connectivity index (χ1n) is 4.69. The summed E-state index contributed by atoms with van der Waals surface area (Å²) in [6.45, 7) is 3.54. The van der Waals surface area contributed by atoms with Crippen molar-refractivity contribution in [2.45, 2.75) is 19.5 Å². The molecular weight excluding hydrogens is 176 g/mol. The van der Waals surface area contributed by atoms with Crippen LogP contribution < -0.4 is 10.1 Å². The molecule has 1 aliphatic rings. The van der Waals surface area contributed by atoms with Gasteiger partial charge >= 0.3 is 0 Å². The summed E-state index contributed by atoms with van der Waals surface area (Å²) in [4.78, 5) is 0. The minimum atomic E-state index is 0.355. The second-order valence-electron chi connectivity index (χ2n) is 3.53. The largest absolute Gasteiger partial charge is 0.492 e. The van der Waals surface area contributed by atoms with Crippen LogP contribution in [-0.2, 0) is 6.54 Å². The molecule has 72 valence electrons. The van der Waals surface area contributed by atoms with Crippen molar-refractivity contribution in [3.8, 4) is 11.8 Å². The van der Waals surface area contributed by atoms with E-state index in [0.717, 1.165) is 17.9 Å². The summed E-state index contributed by atoms with van der Waals surface area (Å²) in [7, 11) is 0. The Balaban J connectivity index is 2.33. The van der Waals surface area contributed by atoms with Crippen molar-refractivity contribution in [3.63, 3.8) is 0 Å². The van der Waals surface area contributed by atoms with Gasteiger partial charge in [0.15, 0.2) is 0 Å². The lowest BCUT2D eigenvalue weighted by molar-refractivity contribution is 0.287. The molecule has 3 nitrogen and oxygen atoms in total. The standard InChI is InChI=1S/C11H12N2O/c1-8-7-14-11-4-9(5-12)2-3-10(11)6-13-8/h2-4,8,13H,6-7H2,1H3. The van der Waals surface area contributed by atoms with Gasteiger partial charge in [-0.15, -0.1) is 0 Å². The molecule has 1 aromatic rings. The van der Waals surface area contributed by atoms with Crippen molar-refractivity contribution in [2.75, 3.05) is 6.61 Å². The summed E-state index contributed by atoms with van der Waals surface area (Å²) in [5.74, 6) is 0.834. The van der Waals surface area contributed by atoms with E-state index in [2.05, 4.69) is 18.3 Å². The topological polar surface area (TPSA) is 45.0 Å². The number of benzene rings is 1. The SMILES string of the molecule is CC1COc2cc(C#N)ccc2CN1. The molecule has 1 atom stereocenters.